The van der Waals surface area contributed by atoms with Crippen LogP contribution >= 0.6 is 0 Å². The van der Waals surface area contributed by atoms with Crippen molar-refractivity contribution < 1.29 is 14.3 Å². The summed E-state index contributed by atoms with van der Waals surface area (Å²) in [6.07, 6.45) is -1.78. The molecule has 0 spiro atoms. The maximum Gasteiger partial charge on any atom is 0.326 e. The summed E-state index contributed by atoms with van der Waals surface area (Å²) in [6, 6.07) is 16.0. The SMILES string of the molecule is O=C(c1ccccc1)C(O)CC(F)N1CCC(n2c(=O)[nH]c3ccccc32)CC1. The van der Waals surface area contributed by atoms with E-state index in [2.05, 4.69) is 4.98 Å². The van der Waals surface area contributed by atoms with Gasteiger partial charge in [0.1, 0.15) is 6.10 Å². The van der Waals surface area contributed by atoms with Gasteiger partial charge in [-0.2, -0.15) is 0 Å². The third-order valence-electron chi connectivity index (χ3n) is 5.66. The Morgan fingerprint density at radius 2 is 1.76 bits per heavy atom. The quantitative estimate of drug-likeness (QED) is 0.495. The van der Waals surface area contributed by atoms with Crippen molar-refractivity contribution in [3.8, 4) is 0 Å². The van der Waals surface area contributed by atoms with Crippen molar-refractivity contribution in [2.24, 2.45) is 0 Å². The summed E-state index contributed by atoms with van der Waals surface area (Å²) in [5.41, 5.74) is 1.89. The molecule has 6 nitrogen and oxygen atoms in total. The van der Waals surface area contributed by atoms with Gasteiger partial charge in [-0.15, -0.1) is 0 Å². The molecule has 1 fully saturated rings. The number of piperidine rings is 1. The molecule has 29 heavy (non-hydrogen) atoms. The van der Waals surface area contributed by atoms with Crippen LogP contribution in [0.1, 0.15) is 35.7 Å². The van der Waals surface area contributed by atoms with Crippen LogP contribution in [-0.2, 0) is 0 Å². The highest BCUT2D eigenvalue weighted by Crippen LogP contribution is 2.27. The third-order valence-corrected chi connectivity index (χ3v) is 5.66. The Labute approximate surface area is 167 Å². The Kier molecular flexibility index (Phi) is 5.60. The summed E-state index contributed by atoms with van der Waals surface area (Å²) in [4.78, 5) is 29.1. The van der Waals surface area contributed by atoms with Crippen molar-refractivity contribution in [3.05, 3.63) is 70.6 Å². The molecule has 0 bridgehead atoms. The van der Waals surface area contributed by atoms with E-state index >= 15 is 0 Å². The van der Waals surface area contributed by atoms with Crippen LogP contribution in [0.3, 0.4) is 0 Å². The van der Waals surface area contributed by atoms with Crippen molar-refractivity contribution in [1.82, 2.24) is 14.5 Å². The number of nitrogens with one attached hydrogen (secondary N) is 1. The number of hydrogen-bond acceptors (Lipinski definition) is 4. The summed E-state index contributed by atoms with van der Waals surface area (Å²) in [5, 5.41) is 10.2. The lowest BCUT2D eigenvalue weighted by Gasteiger charge is -2.34. The number of likely N-dealkylation sites (tertiary alicyclic amines) is 1. The van der Waals surface area contributed by atoms with E-state index < -0.39 is 18.2 Å². The van der Waals surface area contributed by atoms with Crippen molar-refractivity contribution in [2.75, 3.05) is 13.1 Å². The second kappa shape index (κ2) is 8.31. The summed E-state index contributed by atoms with van der Waals surface area (Å²) >= 11 is 0. The number of aliphatic hydroxyl groups is 1. The molecule has 0 amide bonds. The largest absolute Gasteiger partial charge is 0.385 e. The molecular weight excluding hydrogens is 373 g/mol. The highest BCUT2D eigenvalue weighted by atomic mass is 19.1. The van der Waals surface area contributed by atoms with Crippen LogP contribution in [0.15, 0.2) is 59.4 Å². The van der Waals surface area contributed by atoms with E-state index in [9.17, 15) is 19.1 Å². The number of aromatic nitrogens is 2. The van der Waals surface area contributed by atoms with E-state index in [1.807, 2.05) is 24.3 Å². The number of carbonyl (C=O) groups excluding carboxylic acids is 1. The minimum atomic E-state index is -1.40. The Morgan fingerprint density at radius 3 is 2.48 bits per heavy atom. The first kappa shape index (κ1) is 19.5. The van der Waals surface area contributed by atoms with E-state index in [-0.39, 0.29) is 18.2 Å². The first-order valence-corrected chi connectivity index (χ1v) is 9.89. The molecule has 1 aliphatic heterocycles. The lowest BCUT2D eigenvalue weighted by molar-refractivity contribution is 0.0123. The molecule has 2 heterocycles. The molecule has 7 heteroatoms. The molecule has 2 atom stereocenters. The van der Waals surface area contributed by atoms with Gasteiger partial charge < -0.3 is 10.1 Å². The minimum absolute atomic E-state index is 0.00188. The number of nitrogens with zero attached hydrogens (tertiary/aromatic N) is 2. The standard InChI is InChI=1S/C22H24FN3O3/c23-20(14-19(27)21(28)15-6-2-1-3-7-15)25-12-10-16(11-13-25)26-18-9-5-4-8-17(18)24-22(26)29/h1-9,16,19-20,27H,10-14H2,(H,24,29). The third kappa shape index (κ3) is 4.02. The second-order valence-electron chi connectivity index (χ2n) is 7.50. The van der Waals surface area contributed by atoms with Crippen molar-refractivity contribution >= 4 is 16.8 Å². The molecule has 0 aliphatic carbocycles. The zero-order chi connectivity index (χ0) is 20.4. The van der Waals surface area contributed by atoms with E-state index in [1.54, 1.807) is 39.8 Å². The van der Waals surface area contributed by atoms with Gasteiger partial charge in [-0.1, -0.05) is 42.5 Å². The molecule has 2 aromatic carbocycles. The van der Waals surface area contributed by atoms with E-state index in [0.717, 1.165) is 11.0 Å². The number of aliphatic hydroxyl groups excluding tert-OH is 1. The highest BCUT2D eigenvalue weighted by molar-refractivity contribution is 5.99. The first-order valence-electron chi connectivity index (χ1n) is 9.89. The molecule has 1 saturated heterocycles. The van der Waals surface area contributed by atoms with Crippen molar-refractivity contribution in [3.63, 3.8) is 0 Å². The average Bonchev–Trinajstić information content (AvgIpc) is 3.09. The van der Waals surface area contributed by atoms with Crippen LogP contribution in [-0.4, -0.2) is 50.8 Å². The van der Waals surface area contributed by atoms with Crippen LogP contribution in [0.5, 0.6) is 0 Å². The number of aromatic amines is 1. The Hall–Kier alpha value is -2.77. The van der Waals surface area contributed by atoms with Crippen LogP contribution in [0.2, 0.25) is 0 Å². The predicted molar refractivity (Wildman–Crippen MR) is 109 cm³/mol. The molecule has 4 rings (SSSR count). The number of alkyl halides is 1. The number of fused-ring (bicyclic) bond motifs is 1. The Morgan fingerprint density at radius 1 is 1.10 bits per heavy atom. The van der Waals surface area contributed by atoms with Gasteiger partial charge in [0.25, 0.3) is 0 Å². The molecule has 1 aromatic heterocycles. The number of hydrogen-bond donors (Lipinski definition) is 2. The van der Waals surface area contributed by atoms with E-state index in [0.29, 0.717) is 31.5 Å². The second-order valence-corrected chi connectivity index (χ2v) is 7.50. The van der Waals surface area contributed by atoms with Gasteiger partial charge in [0.2, 0.25) is 0 Å². The number of H-pyrrole nitrogens is 1. The fraction of sp³-hybridized carbons (Fsp3) is 0.364. The average molecular weight is 397 g/mol. The molecular formula is C22H24FN3O3. The maximum atomic E-state index is 14.8. The van der Waals surface area contributed by atoms with Crippen molar-refractivity contribution in [1.29, 1.82) is 0 Å². The molecule has 152 valence electrons. The van der Waals surface area contributed by atoms with Gasteiger partial charge >= 0.3 is 5.69 Å². The molecule has 1 aliphatic rings. The van der Waals surface area contributed by atoms with Gasteiger partial charge in [-0.25, -0.2) is 9.18 Å². The van der Waals surface area contributed by atoms with Gasteiger partial charge in [-0.05, 0) is 25.0 Å². The number of halogens is 1. The van der Waals surface area contributed by atoms with E-state index in [1.165, 1.54) is 0 Å². The monoisotopic (exact) mass is 397 g/mol. The molecule has 3 aromatic rings. The summed E-state index contributed by atoms with van der Waals surface area (Å²) in [7, 11) is 0. The van der Waals surface area contributed by atoms with Gasteiger partial charge in [0, 0.05) is 31.1 Å². The minimum Gasteiger partial charge on any atom is -0.385 e. The van der Waals surface area contributed by atoms with Crippen LogP contribution < -0.4 is 5.69 Å². The molecule has 2 unspecified atom stereocenters. The van der Waals surface area contributed by atoms with Crippen LogP contribution in [0.25, 0.3) is 11.0 Å². The van der Waals surface area contributed by atoms with Crippen LogP contribution in [0.4, 0.5) is 4.39 Å². The summed E-state index contributed by atoms with van der Waals surface area (Å²) in [5.74, 6) is -0.464. The topological polar surface area (TPSA) is 78.3 Å². The van der Waals surface area contributed by atoms with Crippen LogP contribution in [0, 0.1) is 0 Å². The Balaban J connectivity index is 1.37. The van der Waals surface area contributed by atoms with E-state index in [4.69, 9.17) is 0 Å². The number of imidazole rings is 1. The number of carbonyl (C=O) groups is 1. The molecule has 0 saturated carbocycles. The normalized spacial score (nSPS) is 18.0. The summed E-state index contributed by atoms with van der Waals surface area (Å²) in [6.45, 7) is 0.925. The lowest BCUT2D eigenvalue weighted by Crippen LogP contribution is -2.43. The number of rotatable bonds is 6. The summed E-state index contributed by atoms with van der Waals surface area (Å²) < 4.78 is 16.5. The number of Topliss-reactive ketones (excluding diaryl/α,β-unsaturated/α-hetero) is 1. The van der Waals surface area contributed by atoms with Crippen molar-refractivity contribution in [2.45, 2.75) is 37.7 Å². The number of benzene rings is 2. The number of para-hydroxylation sites is 2. The van der Waals surface area contributed by atoms with Gasteiger partial charge in [0.15, 0.2) is 12.1 Å². The molecule has 0 radical (unpaired) electrons. The fourth-order valence-electron chi connectivity index (χ4n) is 4.10. The predicted octanol–water partition coefficient (Wildman–Crippen LogP) is 2.90. The van der Waals surface area contributed by atoms with Gasteiger partial charge in [0.05, 0.1) is 11.0 Å². The zero-order valence-electron chi connectivity index (χ0n) is 16.0. The highest BCUT2D eigenvalue weighted by Gasteiger charge is 2.30. The van der Waals surface area contributed by atoms with Gasteiger partial charge in [-0.3, -0.25) is 14.3 Å². The zero-order valence-corrected chi connectivity index (χ0v) is 16.0. The first-order chi connectivity index (χ1) is 14.0. The Bertz CT molecular complexity index is 1040. The lowest BCUT2D eigenvalue weighted by atomic mass is 10.0. The fourth-order valence-corrected chi connectivity index (χ4v) is 4.10. The smallest absolute Gasteiger partial charge is 0.326 e. The molecule has 2 N–H and O–H groups in total. The number of ketones is 1. The maximum absolute atomic E-state index is 14.8.